The average Bonchev–Trinajstić information content (AvgIpc) is 2.50. The van der Waals surface area contributed by atoms with E-state index in [2.05, 4.69) is 4.42 Å². The van der Waals surface area contributed by atoms with Crippen LogP contribution in [0.5, 0.6) is 0 Å². The van der Waals surface area contributed by atoms with Crippen LogP contribution in [0.1, 0.15) is 11.8 Å². The molecule has 3 nitrogen and oxygen atoms in total. The number of hydrogen-bond acceptors (Lipinski definition) is 3. The molecule has 1 heterocycles. The van der Waals surface area contributed by atoms with E-state index in [4.69, 9.17) is 22.4 Å². The van der Waals surface area contributed by atoms with Crippen molar-refractivity contribution in [3.63, 3.8) is 0 Å². The van der Waals surface area contributed by atoms with Crippen molar-refractivity contribution in [2.45, 2.75) is 12.0 Å². The summed E-state index contributed by atoms with van der Waals surface area (Å²) >= 11 is 5.37. The van der Waals surface area contributed by atoms with E-state index in [0.717, 1.165) is 0 Å². The van der Waals surface area contributed by atoms with Gasteiger partial charge in [0.25, 0.3) is 5.92 Å². The van der Waals surface area contributed by atoms with Crippen molar-refractivity contribution in [3.8, 4) is 0 Å². The Morgan fingerprint density at radius 1 is 1.62 bits per heavy atom. The molecule has 0 unspecified atom stereocenters. The number of alkyl halides is 2. The number of furan rings is 1. The Hall–Kier alpha value is -0.650. The molecule has 1 atom stereocenters. The van der Waals surface area contributed by atoms with E-state index in [9.17, 15) is 8.78 Å². The molecule has 0 aliphatic rings. The summed E-state index contributed by atoms with van der Waals surface area (Å²) in [5, 5.41) is 8.31. The van der Waals surface area contributed by atoms with Crippen molar-refractivity contribution in [1.29, 1.82) is 0 Å². The Labute approximate surface area is 78.1 Å². The second-order valence-electron chi connectivity index (χ2n) is 2.54. The minimum atomic E-state index is -3.40. The topological polar surface area (TPSA) is 59.4 Å². The largest absolute Gasteiger partial charge is 0.448 e. The fourth-order valence-electron chi connectivity index (χ4n) is 0.802. The summed E-state index contributed by atoms with van der Waals surface area (Å²) in [6, 6.07) is 0.880. The van der Waals surface area contributed by atoms with Crippen LogP contribution in [0.2, 0.25) is 5.22 Å². The molecule has 6 heteroatoms. The number of nitrogens with two attached hydrogens (primary N) is 1. The highest BCUT2D eigenvalue weighted by Gasteiger charge is 2.39. The molecule has 3 N–H and O–H groups in total. The van der Waals surface area contributed by atoms with E-state index in [0.29, 0.717) is 0 Å². The molecule has 0 spiro atoms. The normalized spacial score (nSPS) is 14.5. The quantitative estimate of drug-likeness (QED) is 0.798. The van der Waals surface area contributed by atoms with Gasteiger partial charge in [0.15, 0.2) is 5.22 Å². The van der Waals surface area contributed by atoms with E-state index >= 15 is 0 Å². The van der Waals surface area contributed by atoms with Gasteiger partial charge in [-0.15, -0.1) is 0 Å². The third kappa shape index (κ3) is 2.18. The Kier molecular flexibility index (Phi) is 2.90. The van der Waals surface area contributed by atoms with Gasteiger partial charge in [0.1, 0.15) is 18.4 Å². The molecule has 0 bridgehead atoms. The van der Waals surface area contributed by atoms with Crippen molar-refractivity contribution >= 4 is 11.6 Å². The molecule has 1 aromatic heterocycles. The van der Waals surface area contributed by atoms with Gasteiger partial charge in [-0.2, -0.15) is 0 Å². The van der Waals surface area contributed by atoms with Gasteiger partial charge in [0.2, 0.25) is 0 Å². The molecule has 0 aliphatic carbocycles. The predicted molar refractivity (Wildman–Crippen MR) is 42.7 cm³/mol. The monoisotopic (exact) mass is 211 g/mol. The van der Waals surface area contributed by atoms with Crippen LogP contribution in [-0.2, 0) is 0 Å². The highest BCUT2D eigenvalue weighted by molar-refractivity contribution is 6.28. The molecule has 1 aromatic rings. The molecule has 0 amide bonds. The summed E-state index contributed by atoms with van der Waals surface area (Å²) in [5.41, 5.74) is 5.13. The van der Waals surface area contributed by atoms with Crippen molar-refractivity contribution in [2.75, 3.05) is 6.61 Å². The lowest BCUT2D eigenvalue weighted by molar-refractivity contribution is -0.0754. The summed E-state index contributed by atoms with van der Waals surface area (Å²) < 4.78 is 30.2. The Morgan fingerprint density at radius 2 is 2.23 bits per heavy atom. The van der Waals surface area contributed by atoms with Crippen LogP contribution in [0.25, 0.3) is 0 Å². The van der Waals surface area contributed by atoms with Gasteiger partial charge >= 0.3 is 0 Å². The standard InChI is InChI=1S/C7H8ClF2NO2/c8-5-2-1-4(13-5)6(11)7(9,10)3-12/h1-2,6,12H,3,11H2/t6-/m1/s1. The minimum absolute atomic E-state index is 0.0146. The van der Waals surface area contributed by atoms with E-state index in [1.54, 1.807) is 0 Å². The Bertz CT molecular complexity index is 290. The minimum Gasteiger partial charge on any atom is -0.448 e. The van der Waals surface area contributed by atoms with Gasteiger partial charge in [-0.25, -0.2) is 8.78 Å². The van der Waals surface area contributed by atoms with Gasteiger partial charge in [0, 0.05) is 0 Å². The zero-order valence-electron chi connectivity index (χ0n) is 6.51. The zero-order valence-corrected chi connectivity index (χ0v) is 7.26. The molecule has 1 rings (SSSR count). The summed E-state index contributed by atoms with van der Waals surface area (Å²) in [7, 11) is 0. The molecule has 0 saturated carbocycles. The van der Waals surface area contributed by atoms with E-state index in [1.165, 1.54) is 12.1 Å². The molecule has 0 aliphatic heterocycles. The van der Waals surface area contributed by atoms with Crippen molar-refractivity contribution in [3.05, 3.63) is 23.1 Å². The number of rotatable bonds is 3. The maximum Gasteiger partial charge on any atom is 0.292 e. The number of aliphatic hydroxyl groups is 1. The maximum atomic E-state index is 12.8. The molecule has 0 saturated heterocycles. The predicted octanol–water partition coefficient (Wildman–Crippen LogP) is 1.56. The summed E-state index contributed by atoms with van der Waals surface area (Å²) in [6.07, 6.45) is 0. The third-order valence-corrected chi connectivity index (χ3v) is 1.77. The first-order chi connectivity index (χ1) is 5.97. The van der Waals surface area contributed by atoms with Crippen LogP contribution in [0.3, 0.4) is 0 Å². The Balaban J connectivity index is 2.84. The van der Waals surface area contributed by atoms with Crippen LogP contribution in [0, 0.1) is 0 Å². The SMILES string of the molecule is N[C@H](c1ccc(Cl)o1)C(F)(F)CO. The van der Waals surface area contributed by atoms with Crippen LogP contribution in [0.15, 0.2) is 16.5 Å². The van der Waals surface area contributed by atoms with Gasteiger partial charge < -0.3 is 15.3 Å². The highest BCUT2D eigenvalue weighted by atomic mass is 35.5. The smallest absolute Gasteiger partial charge is 0.292 e. The molecule has 0 aromatic carbocycles. The number of hydrogen-bond donors (Lipinski definition) is 2. The molecule has 74 valence electrons. The van der Waals surface area contributed by atoms with Gasteiger partial charge in [-0.1, -0.05) is 0 Å². The van der Waals surface area contributed by atoms with E-state index < -0.39 is 18.6 Å². The lowest BCUT2D eigenvalue weighted by Crippen LogP contribution is -2.35. The summed E-state index contributed by atoms with van der Waals surface area (Å²) in [6.45, 7) is -1.33. The molecule has 0 fully saturated rings. The second-order valence-corrected chi connectivity index (χ2v) is 2.91. The maximum absolute atomic E-state index is 12.8. The fourth-order valence-corrected chi connectivity index (χ4v) is 0.954. The van der Waals surface area contributed by atoms with Crippen molar-refractivity contribution in [2.24, 2.45) is 5.73 Å². The van der Waals surface area contributed by atoms with Crippen LogP contribution < -0.4 is 5.73 Å². The van der Waals surface area contributed by atoms with Crippen LogP contribution in [0.4, 0.5) is 8.78 Å². The number of aliphatic hydroxyl groups excluding tert-OH is 1. The third-order valence-electron chi connectivity index (χ3n) is 1.57. The number of halogens is 3. The lowest BCUT2D eigenvalue weighted by Gasteiger charge is -2.18. The van der Waals surface area contributed by atoms with Gasteiger partial charge in [-0.3, -0.25) is 0 Å². The molecular formula is C7H8ClF2NO2. The van der Waals surface area contributed by atoms with Gasteiger partial charge in [0.05, 0.1) is 0 Å². The zero-order chi connectivity index (χ0) is 10.1. The molecular weight excluding hydrogens is 204 g/mol. The van der Waals surface area contributed by atoms with Crippen LogP contribution in [-0.4, -0.2) is 17.6 Å². The summed E-state index contributed by atoms with van der Waals surface area (Å²) in [5.74, 6) is -3.55. The highest BCUT2D eigenvalue weighted by Crippen LogP contribution is 2.30. The summed E-state index contributed by atoms with van der Waals surface area (Å²) in [4.78, 5) is 0. The molecule has 13 heavy (non-hydrogen) atoms. The average molecular weight is 212 g/mol. The van der Waals surface area contributed by atoms with Crippen molar-refractivity contribution < 1.29 is 18.3 Å². The molecule has 0 radical (unpaired) electrons. The Morgan fingerprint density at radius 3 is 2.62 bits per heavy atom. The first-order valence-corrected chi connectivity index (χ1v) is 3.84. The first-order valence-electron chi connectivity index (χ1n) is 3.47. The van der Waals surface area contributed by atoms with Crippen LogP contribution >= 0.6 is 11.6 Å². The first kappa shape index (κ1) is 10.4. The van der Waals surface area contributed by atoms with Crippen molar-refractivity contribution in [1.82, 2.24) is 0 Å². The lowest BCUT2D eigenvalue weighted by atomic mass is 10.1. The van der Waals surface area contributed by atoms with E-state index in [-0.39, 0.29) is 11.0 Å². The fraction of sp³-hybridized carbons (Fsp3) is 0.429. The van der Waals surface area contributed by atoms with E-state index in [1.807, 2.05) is 0 Å². The van der Waals surface area contributed by atoms with Gasteiger partial charge in [-0.05, 0) is 23.7 Å². The second kappa shape index (κ2) is 3.61.